The van der Waals surface area contributed by atoms with E-state index in [0.29, 0.717) is 11.1 Å². The maximum atomic E-state index is 13.5. The number of anilines is 1. The van der Waals surface area contributed by atoms with Crippen LogP contribution in [0.25, 0.3) is 10.9 Å². The first kappa shape index (κ1) is 16.3. The Morgan fingerprint density at radius 3 is 2.78 bits per heavy atom. The number of hydrogen-bond donors (Lipinski definition) is 2. The summed E-state index contributed by atoms with van der Waals surface area (Å²) in [5.74, 6) is -4.53. The predicted molar refractivity (Wildman–Crippen MR) is 77.6 cm³/mol. The molecule has 2 N–H and O–H groups in total. The third kappa shape index (κ3) is 3.60. The third-order valence-corrected chi connectivity index (χ3v) is 2.85. The molecular formula is C15H12F2N2O4. The Balaban J connectivity index is 2.30. The molecule has 0 bridgehead atoms. The number of hydrogen-bond acceptors (Lipinski definition) is 5. The maximum Gasteiger partial charge on any atom is 0.347 e. The fourth-order valence-electron chi connectivity index (χ4n) is 1.79. The Labute approximate surface area is 129 Å². The first-order valence-electron chi connectivity index (χ1n) is 6.55. The van der Waals surface area contributed by atoms with Gasteiger partial charge in [0, 0.05) is 11.6 Å². The molecule has 8 heteroatoms. The number of carboxylic acid groups (broad SMARTS) is 1. The highest BCUT2D eigenvalue weighted by atomic mass is 19.2. The number of carbonyl (C=O) groups is 2. The number of carbonyl (C=O) groups excluding carboxylic acids is 1. The smallest absolute Gasteiger partial charge is 0.347 e. The monoisotopic (exact) mass is 322 g/mol. The van der Waals surface area contributed by atoms with Crippen LogP contribution in [-0.4, -0.2) is 28.6 Å². The largest absolute Gasteiger partial charge is 0.477 e. The number of halogens is 2. The molecule has 0 fully saturated rings. The van der Waals surface area contributed by atoms with E-state index in [4.69, 9.17) is 5.11 Å². The average molecular weight is 322 g/mol. The summed E-state index contributed by atoms with van der Waals surface area (Å²) in [4.78, 5) is 26.3. The van der Waals surface area contributed by atoms with Gasteiger partial charge in [-0.2, -0.15) is 0 Å². The minimum absolute atomic E-state index is 0.0336. The standard InChI is InChI=1S/C15H12F2N2O4/c1-2-23-15(22)10(14(20)21)7-18-9-5-8-3-4-11(16)12(17)13(8)19-6-9/h3-7,18H,2H2,1H3,(H,20,21). The number of fused-ring (bicyclic) bond motifs is 1. The lowest BCUT2D eigenvalue weighted by atomic mass is 10.2. The van der Waals surface area contributed by atoms with Gasteiger partial charge in [-0.1, -0.05) is 0 Å². The van der Waals surface area contributed by atoms with Crippen LogP contribution in [0, 0.1) is 11.6 Å². The lowest BCUT2D eigenvalue weighted by molar-refractivity contribution is -0.143. The van der Waals surface area contributed by atoms with Crippen LogP contribution in [0.1, 0.15) is 6.92 Å². The highest BCUT2D eigenvalue weighted by molar-refractivity contribution is 6.13. The molecule has 0 atom stereocenters. The Morgan fingerprint density at radius 1 is 1.39 bits per heavy atom. The summed E-state index contributed by atoms with van der Waals surface area (Å²) in [6.45, 7) is 1.58. The van der Waals surface area contributed by atoms with Crippen molar-refractivity contribution in [3.05, 3.63) is 47.8 Å². The summed E-state index contributed by atoms with van der Waals surface area (Å²) in [7, 11) is 0. The van der Waals surface area contributed by atoms with Crippen molar-refractivity contribution < 1.29 is 28.2 Å². The van der Waals surface area contributed by atoms with Crippen LogP contribution in [0.3, 0.4) is 0 Å². The van der Waals surface area contributed by atoms with Gasteiger partial charge in [0.1, 0.15) is 5.52 Å². The Morgan fingerprint density at radius 2 is 2.13 bits per heavy atom. The number of aromatic nitrogens is 1. The number of pyridine rings is 1. The second-order valence-electron chi connectivity index (χ2n) is 4.39. The van der Waals surface area contributed by atoms with Gasteiger partial charge in [-0.25, -0.2) is 18.4 Å². The molecule has 0 unspecified atom stereocenters. The third-order valence-electron chi connectivity index (χ3n) is 2.85. The topological polar surface area (TPSA) is 88.5 Å². The van der Waals surface area contributed by atoms with Crippen molar-refractivity contribution in [2.45, 2.75) is 6.92 Å². The first-order chi connectivity index (χ1) is 10.9. The average Bonchev–Trinajstić information content (AvgIpc) is 2.51. The highest BCUT2D eigenvalue weighted by Gasteiger charge is 2.18. The van der Waals surface area contributed by atoms with E-state index in [1.54, 1.807) is 6.92 Å². The van der Waals surface area contributed by atoms with E-state index in [1.165, 1.54) is 18.3 Å². The molecule has 6 nitrogen and oxygen atoms in total. The van der Waals surface area contributed by atoms with Gasteiger partial charge in [0.05, 0.1) is 18.5 Å². The lowest BCUT2D eigenvalue weighted by Crippen LogP contribution is -2.16. The Bertz CT molecular complexity index is 805. The number of rotatable bonds is 5. The first-order valence-corrected chi connectivity index (χ1v) is 6.55. The molecule has 2 rings (SSSR count). The summed E-state index contributed by atoms with van der Waals surface area (Å²) in [5.41, 5.74) is -0.452. The summed E-state index contributed by atoms with van der Waals surface area (Å²) in [6.07, 6.45) is 2.13. The van der Waals surface area contributed by atoms with Crippen LogP contribution >= 0.6 is 0 Å². The molecule has 0 spiro atoms. The van der Waals surface area contributed by atoms with Crippen molar-refractivity contribution in [2.75, 3.05) is 11.9 Å². The van der Waals surface area contributed by atoms with Crippen molar-refractivity contribution in [3.63, 3.8) is 0 Å². The van der Waals surface area contributed by atoms with Crippen molar-refractivity contribution in [2.24, 2.45) is 0 Å². The normalized spacial score (nSPS) is 11.3. The molecule has 2 aromatic rings. The van der Waals surface area contributed by atoms with Crippen LogP contribution in [0.4, 0.5) is 14.5 Å². The Hall–Kier alpha value is -3.03. The summed E-state index contributed by atoms with van der Waals surface area (Å²) >= 11 is 0. The molecule has 0 saturated heterocycles. The van der Waals surface area contributed by atoms with E-state index in [9.17, 15) is 18.4 Å². The molecular weight excluding hydrogens is 310 g/mol. The van der Waals surface area contributed by atoms with Gasteiger partial charge in [-0.05, 0) is 25.1 Å². The number of benzene rings is 1. The number of esters is 1. The fraction of sp³-hybridized carbons (Fsp3) is 0.133. The van der Waals surface area contributed by atoms with Crippen LogP contribution in [0.2, 0.25) is 0 Å². The number of carboxylic acids is 1. The van der Waals surface area contributed by atoms with E-state index < -0.39 is 29.1 Å². The van der Waals surface area contributed by atoms with Gasteiger partial charge < -0.3 is 15.2 Å². The molecule has 1 aromatic carbocycles. The second kappa shape index (κ2) is 6.82. The highest BCUT2D eigenvalue weighted by Crippen LogP contribution is 2.21. The quantitative estimate of drug-likeness (QED) is 0.380. The van der Waals surface area contributed by atoms with E-state index in [2.05, 4.69) is 15.0 Å². The number of aliphatic carboxylic acids is 1. The molecule has 0 aliphatic carbocycles. The number of ether oxygens (including phenoxy) is 1. The van der Waals surface area contributed by atoms with Crippen LogP contribution in [0.5, 0.6) is 0 Å². The van der Waals surface area contributed by atoms with Gasteiger partial charge >= 0.3 is 11.9 Å². The van der Waals surface area contributed by atoms with Crippen molar-refractivity contribution in [1.29, 1.82) is 0 Å². The molecule has 0 amide bonds. The summed E-state index contributed by atoms with van der Waals surface area (Å²) in [5, 5.41) is 11.9. The minimum atomic E-state index is -1.46. The van der Waals surface area contributed by atoms with Crippen LogP contribution < -0.4 is 5.32 Å². The van der Waals surface area contributed by atoms with E-state index >= 15 is 0 Å². The predicted octanol–water partition coefficient (Wildman–Crippen LogP) is 2.46. The molecule has 0 radical (unpaired) electrons. The van der Waals surface area contributed by atoms with Gasteiger partial charge in [0.2, 0.25) is 0 Å². The minimum Gasteiger partial charge on any atom is -0.477 e. The SMILES string of the molecule is CCOC(=O)C(=CNc1cnc2c(F)c(F)ccc2c1)C(=O)O. The molecule has 1 aromatic heterocycles. The van der Waals surface area contributed by atoms with Crippen molar-refractivity contribution >= 4 is 28.5 Å². The van der Waals surface area contributed by atoms with Crippen LogP contribution in [-0.2, 0) is 14.3 Å². The zero-order valence-corrected chi connectivity index (χ0v) is 12.0. The number of nitrogens with one attached hydrogen (secondary N) is 1. The zero-order chi connectivity index (χ0) is 17.0. The molecule has 0 aliphatic heterocycles. The number of nitrogens with zero attached hydrogens (tertiary/aromatic N) is 1. The zero-order valence-electron chi connectivity index (χ0n) is 12.0. The Kier molecular flexibility index (Phi) is 4.85. The van der Waals surface area contributed by atoms with Crippen LogP contribution in [0.15, 0.2) is 36.2 Å². The van der Waals surface area contributed by atoms with E-state index in [0.717, 1.165) is 12.3 Å². The fourth-order valence-corrected chi connectivity index (χ4v) is 1.79. The van der Waals surface area contributed by atoms with Gasteiger partial charge in [-0.15, -0.1) is 0 Å². The summed E-state index contributed by atoms with van der Waals surface area (Å²) < 4.78 is 31.2. The second-order valence-corrected chi connectivity index (χ2v) is 4.39. The molecule has 0 saturated carbocycles. The molecule has 120 valence electrons. The van der Waals surface area contributed by atoms with Crippen molar-refractivity contribution in [3.8, 4) is 0 Å². The maximum absolute atomic E-state index is 13.5. The molecule has 23 heavy (non-hydrogen) atoms. The van der Waals surface area contributed by atoms with E-state index in [-0.39, 0.29) is 12.1 Å². The van der Waals surface area contributed by atoms with E-state index in [1.807, 2.05) is 0 Å². The lowest BCUT2D eigenvalue weighted by Gasteiger charge is -2.06. The van der Waals surface area contributed by atoms with Gasteiger partial charge in [0.15, 0.2) is 17.2 Å². The van der Waals surface area contributed by atoms with Gasteiger partial charge in [0.25, 0.3) is 0 Å². The van der Waals surface area contributed by atoms with Crippen molar-refractivity contribution in [1.82, 2.24) is 4.98 Å². The summed E-state index contributed by atoms with van der Waals surface area (Å²) in [6, 6.07) is 3.73. The van der Waals surface area contributed by atoms with Gasteiger partial charge in [-0.3, -0.25) is 4.98 Å². The molecule has 1 heterocycles. The molecule has 0 aliphatic rings.